The van der Waals surface area contributed by atoms with Crippen LogP contribution in [-0.4, -0.2) is 27.0 Å². The highest BCUT2D eigenvalue weighted by Gasteiger charge is 2.29. The summed E-state index contributed by atoms with van der Waals surface area (Å²) in [6, 6.07) is 1.88. The summed E-state index contributed by atoms with van der Waals surface area (Å²) in [5, 5.41) is 1.83. The quantitative estimate of drug-likeness (QED) is 0.806. The van der Waals surface area contributed by atoms with Gasteiger partial charge in [0.15, 0.2) is 0 Å². The van der Waals surface area contributed by atoms with Crippen molar-refractivity contribution >= 4 is 38.4 Å². The number of nitrogens with zero attached hydrogens (tertiary/aromatic N) is 1. The number of hydrogen-bond donors (Lipinski definition) is 2. The zero-order valence-corrected chi connectivity index (χ0v) is 14.1. The van der Waals surface area contributed by atoms with Gasteiger partial charge in [-0.1, -0.05) is 39.3 Å². The first-order valence-corrected chi connectivity index (χ1v) is 13.1. The Kier molecular flexibility index (Phi) is 3.74. The van der Waals surface area contributed by atoms with Gasteiger partial charge >= 0.3 is 0 Å². The standard InChI is InChI=1S/C12H23N3OSi2/c1-17(2,3)9-7-8(11(14)16)12(15-10(9)13)18(4,5)6/h7H,1-6H3,(H2,13,15)(H2,14,16). The number of nitrogen functional groups attached to an aromatic ring is 1. The second kappa shape index (κ2) is 4.51. The molecule has 18 heavy (non-hydrogen) atoms. The van der Waals surface area contributed by atoms with Gasteiger partial charge in [0.05, 0.1) is 13.6 Å². The third-order valence-corrected chi connectivity index (χ3v) is 6.65. The van der Waals surface area contributed by atoms with Crippen LogP contribution < -0.4 is 22.0 Å². The lowest BCUT2D eigenvalue weighted by Crippen LogP contribution is -2.49. The first-order valence-electron chi connectivity index (χ1n) is 6.06. The SMILES string of the molecule is C[Si](C)(C)c1cc(C(N)=O)c([Si](C)(C)C)nc1N. The molecule has 6 heteroatoms. The Hall–Kier alpha value is -1.15. The van der Waals surface area contributed by atoms with E-state index in [4.69, 9.17) is 11.5 Å². The van der Waals surface area contributed by atoms with Crippen LogP contribution in [0.25, 0.3) is 0 Å². The summed E-state index contributed by atoms with van der Waals surface area (Å²) in [6.45, 7) is 12.9. The minimum absolute atomic E-state index is 0.403. The molecule has 0 saturated carbocycles. The number of pyridine rings is 1. The number of aromatic nitrogens is 1. The van der Waals surface area contributed by atoms with Crippen LogP contribution in [0.2, 0.25) is 39.3 Å². The van der Waals surface area contributed by atoms with Gasteiger partial charge in [-0.05, 0) is 11.3 Å². The molecule has 0 atom stereocenters. The summed E-state index contributed by atoms with van der Waals surface area (Å²) < 4.78 is 0. The first-order chi connectivity index (χ1) is 7.94. The van der Waals surface area contributed by atoms with Gasteiger partial charge in [-0.3, -0.25) is 4.79 Å². The van der Waals surface area contributed by atoms with E-state index in [1.807, 2.05) is 6.07 Å². The van der Waals surface area contributed by atoms with Gasteiger partial charge in [-0.15, -0.1) is 0 Å². The number of carbonyl (C=O) groups excluding carboxylic acids is 1. The molecule has 0 aliphatic carbocycles. The molecule has 4 nitrogen and oxygen atoms in total. The number of primary amides is 1. The lowest BCUT2D eigenvalue weighted by Gasteiger charge is -2.24. The summed E-state index contributed by atoms with van der Waals surface area (Å²) in [5.41, 5.74) is 12.1. The summed E-state index contributed by atoms with van der Waals surface area (Å²) in [4.78, 5) is 16.1. The molecule has 1 amide bonds. The van der Waals surface area contributed by atoms with Crippen molar-refractivity contribution in [3.05, 3.63) is 11.6 Å². The van der Waals surface area contributed by atoms with E-state index in [-0.39, 0.29) is 0 Å². The van der Waals surface area contributed by atoms with Gasteiger partial charge in [-0.25, -0.2) is 4.98 Å². The average Bonchev–Trinajstić information content (AvgIpc) is 2.13. The van der Waals surface area contributed by atoms with Gasteiger partial charge in [0.25, 0.3) is 0 Å². The molecule has 0 aliphatic rings. The number of anilines is 1. The normalized spacial score (nSPS) is 12.6. The van der Waals surface area contributed by atoms with Crippen LogP contribution in [0.3, 0.4) is 0 Å². The number of carbonyl (C=O) groups is 1. The second-order valence-electron chi connectivity index (χ2n) is 6.68. The van der Waals surface area contributed by atoms with Crippen molar-refractivity contribution in [2.45, 2.75) is 39.3 Å². The van der Waals surface area contributed by atoms with E-state index in [0.29, 0.717) is 11.4 Å². The molecule has 0 aromatic carbocycles. The Labute approximate surface area is 111 Å². The van der Waals surface area contributed by atoms with Crippen molar-refractivity contribution in [2.75, 3.05) is 5.73 Å². The molecule has 0 unspecified atom stereocenters. The highest BCUT2D eigenvalue weighted by molar-refractivity contribution is 6.91. The fraction of sp³-hybridized carbons (Fsp3) is 0.500. The Morgan fingerprint density at radius 3 is 1.94 bits per heavy atom. The molecule has 1 rings (SSSR count). The lowest BCUT2D eigenvalue weighted by atomic mass is 10.2. The van der Waals surface area contributed by atoms with Crippen molar-refractivity contribution in [3.63, 3.8) is 0 Å². The zero-order valence-electron chi connectivity index (χ0n) is 12.1. The molecule has 0 saturated heterocycles. The van der Waals surface area contributed by atoms with E-state index in [1.165, 1.54) is 0 Å². The topological polar surface area (TPSA) is 82.0 Å². The lowest BCUT2D eigenvalue weighted by molar-refractivity contribution is 0.100. The van der Waals surface area contributed by atoms with E-state index in [1.54, 1.807) is 0 Å². The van der Waals surface area contributed by atoms with Crippen molar-refractivity contribution < 1.29 is 4.79 Å². The van der Waals surface area contributed by atoms with Crippen molar-refractivity contribution in [1.29, 1.82) is 0 Å². The highest BCUT2D eigenvalue weighted by atomic mass is 28.3. The molecule has 0 spiro atoms. The maximum Gasteiger partial charge on any atom is 0.250 e. The molecule has 0 fully saturated rings. The third kappa shape index (κ3) is 2.99. The van der Waals surface area contributed by atoms with Crippen LogP contribution >= 0.6 is 0 Å². The molecule has 100 valence electrons. The predicted octanol–water partition coefficient (Wildman–Crippen LogP) is 0.853. The Balaban J connectivity index is 3.60. The van der Waals surface area contributed by atoms with Gasteiger partial charge < -0.3 is 11.5 Å². The number of hydrogen-bond acceptors (Lipinski definition) is 3. The summed E-state index contributed by atoms with van der Waals surface area (Å²) in [5.74, 6) is 0.163. The van der Waals surface area contributed by atoms with Crippen molar-refractivity contribution in [3.8, 4) is 0 Å². The molecular formula is C12H23N3OSi2. The van der Waals surface area contributed by atoms with Crippen LogP contribution in [0.4, 0.5) is 5.82 Å². The van der Waals surface area contributed by atoms with Crippen LogP contribution in [0.15, 0.2) is 6.07 Å². The van der Waals surface area contributed by atoms with Crippen molar-refractivity contribution in [1.82, 2.24) is 4.98 Å². The number of amides is 1. The third-order valence-electron chi connectivity index (χ3n) is 2.84. The van der Waals surface area contributed by atoms with E-state index in [0.717, 1.165) is 10.5 Å². The summed E-state index contributed by atoms with van der Waals surface area (Å²) in [6.07, 6.45) is 0. The molecular weight excluding hydrogens is 258 g/mol. The second-order valence-corrected chi connectivity index (χ2v) is 16.7. The molecule has 4 N–H and O–H groups in total. The van der Waals surface area contributed by atoms with E-state index < -0.39 is 22.1 Å². The smallest absolute Gasteiger partial charge is 0.250 e. The first kappa shape index (κ1) is 14.9. The van der Waals surface area contributed by atoms with Crippen molar-refractivity contribution in [2.24, 2.45) is 5.73 Å². The zero-order chi connectivity index (χ0) is 14.3. The number of rotatable bonds is 3. The Morgan fingerprint density at radius 2 is 1.61 bits per heavy atom. The van der Waals surface area contributed by atoms with Crippen LogP contribution in [0, 0.1) is 0 Å². The van der Waals surface area contributed by atoms with Crippen LogP contribution in [0.1, 0.15) is 10.4 Å². The van der Waals surface area contributed by atoms with E-state index >= 15 is 0 Å². The Bertz CT molecular complexity index is 487. The molecule has 0 radical (unpaired) electrons. The van der Waals surface area contributed by atoms with Gasteiger partial charge in [0.1, 0.15) is 13.9 Å². The monoisotopic (exact) mass is 281 g/mol. The highest BCUT2D eigenvalue weighted by Crippen LogP contribution is 2.11. The molecule has 0 bridgehead atoms. The minimum atomic E-state index is -1.73. The predicted molar refractivity (Wildman–Crippen MR) is 83.1 cm³/mol. The largest absolute Gasteiger partial charge is 0.384 e. The van der Waals surface area contributed by atoms with E-state index in [2.05, 4.69) is 44.3 Å². The average molecular weight is 282 g/mol. The maximum absolute atomic E-state index is 11.6. The summed E-state index contributed by atoms with van der Waals surface area (Å²) in [7, 11) is -3.35. The molecule has 1 aromatic heterocycles. The molecule has 0 aliphatic heterocycles. The van der Waals surface area contributed by atoms with Crippen LogP contribution in [-0.2, 0) is 0 Å². The molecule has 1 heterocycles. The van der Waals surface area contributed by atoms with Gasteiger partial charge in [0, 0.05) is 5.32 Å². The van der Waals surface area contributed by atoms with Gasteiger partial charge in [-0.2, -0.15) is 0 Å². The molecule has 1 aromatic rings. The fourth-order valence-electron chi connectivity index (χ4n) is 1.89. The summed E-state index contributed by atoms with van der Waals surface area (Å²) >= 11 is 0. The van der Waals surface area contributed by atoms with Gasteiger partial charge in [0.2, 0.25) is 5.91 Å². The van der Waals surface area contributed by atoms with E-state index in [9.17, 15) is 4.79 Å². The Morgan fingerprint density at radius 1 is 1.11 bits per heavy atom. The maximum atomic E-state index is 11.6. The minimum Gasteiger partial charge on any atom is -0.384 e. The fourth-order valence-corrected chi connectivity index (χ4v) is 4.75. The number of nitrogens with two attached hydrogens (primary N) is 2. The van der Waals surface area contributed by atoms with Crippen LogP contribution in [0.5, 0.6) is 0 Å².